The van der Waals surface area contributed by atoms with Gasteiger partial charge in [0.15, 0.2) is 0 Å². The Bertz CT molecular complexity index is 338. The summed E-state index contributed by atoms with van der Waals surface area (Å²) >= 11 is 0. The second kappa shape index (κ2) is 8.70. The Hall–Kier alpha value is -1.35. The van der Waals surface area contributed by atoms with Crippen LogP contribution in [0.3, 0.4) is 0 Å². The number of aryl methyl sites for hydroxylation is 1. The molecule has 3 heteroatoms. The van der Waals surface area contributed by atoms with Crippen molar-refractivity contribution in [2.75, 3.05) is 13.7 Å². The van der Waals surface area contributed by atoms with Gasteiger partial charge in [-0.15, -0.1) is 0 Å². The van der Waals surface area contributed by atoms with Gasteiger partial charge in [-0.1, -0.05) is 37.3 Å². The molecule has 0 radical (unpaired) electrons. The molecule has 1 N–H and O–H groups in total. The molecule has 100 valence electrons. The van der Waals surface area contributed by atoms with Crippen LogP contribution in [-0.2, 0) is 16.0 Å². The molecule has 1 aromatic carbocycles. The van der Waals surface area contributed by atoms with Crippen molar-refractivity contribution in [1.82, 2.24) is 5.32 Å². The molecule has 0 aliphatic heterocycles. The number of esters is 1. The molecular weight excluding hydrogens is 226 g/mol. The lowest BCUT2D eigenvalue weighted by molar-refractivity contribution is -0.141. The van der Waals surface area contributed by atoms with Gasteiger partial charge in [-0.3, -0.25) is 4.79 Å². The van der Waals surface area contributed by atoms with Crippen LogP contribution in [0.4, 0.5) is 0 Å². The van der Waals surface area contributed by atoms with E-state index in [-0.39, 0.29) is 12.0 Å². The largest absolute Gasteiger partial charge is 0.469 e. The highest BCUT2D eigenvalue weighted by molar-refractivity contribution is 5.69. The monoisotopic (exact) mass is 249 g/mol. The first-order chi connectivity index (χ1) is 8.76. The van der Waals surface area contributed by atoms with Crippen molar-refractivity contribution >= 4 is 5.97 Å². The quantitative estimate of drug-likeness (QED) is 0.720. The zero-order valence-corrected chi connectivity index (χ0v) is 11.3. The Morgan fingerprint density at radius 1 is 1.33 bits per heavy atom. The molecule has 0 amide bonds. The van der Waals surface area contributed by atoms with Gasteiger partial charge in [0, 0.05) is 6.04 Å². The van der Waals surface area contributed by atoms with Gasteiger partial charge in [0.2, 0.25) is 0 Å². The molecule has 3 nitrogen and oxygen atoms in total. The van der Waals surface area contributed by atoms with E-state index in [1.54, 1.807) is 0 Å². The minimum Gasteiger partial charge on any atom is -0.469 e. The van der Waals surface area contributed by atoms with Gasteiger partial charge in [-0.2, -0.15) is 0 Å². The Morgan fingerprint density at radius 3 is 2.67 bits per heavy atom. The number of rotatable bonds is 8. The molecule has 0 saturated heterocycles. The number of hydrogen-bond donors (Lipinski definition) is 1. The summed E-state index contributed by atoms with van der Waals surface area (Å²) in [6.07, 6.45) is 3.46. The summed E-state index contributed by atoms with van der Waals surface area (Å²) in [4.78, 5) is 11.3. The molecule has 0 aromatic heterocycles. The van der Waals surface area contributed by atoms with Gasteiger partial charge < -0.3 is 10.1 Å². The van der Waals surface area contributed by atoms with Crippen LogP contribution in [0.1, 0.15) is 31.7 Å². The van der Waals surface area contributed by atoms with Gasteiger partial charge in [-0.25, -0.2) is 0 Å². The molecule has 0 saturated carbocycles. The highest BCUT2D eigenvalue weighted by atomic mass is 16.5. The number of carbonyl (C=O) groups is 1. The normalized spacial score (nSPS) is 12.1. The molecule has 1 aromatic rings. The summed E-state index contributed by atoms with van der Waals surface area (Å²) in [6, 6.07) is 10.6. The number of ether oxygens (including phenoxy) is 1. The molecule has 0 aliphatic rings. The van der Waals surface area contributed by atoms with Crippen molar-refractivity contribution < 1.29 is 9.53 Å². The number of benzene rings is 1. The SMILES string of the molecule is CCCNC(CCc1ccccc1)CC(=O)OC. The molecule has 1 rings (SSSR count). The topological polar surface area (TPSA) is 38.3 Å². The van der Waals surface area contributed by atoms with E-state index < -0.39 is 0 Å². The smallest absolute Gasteiger partial charge is 0.307 e. The fourth-order valence-electron chi connectivity index (χ4n) is 1.89. The second-order valence-electron chi connectivity index (χ2n) is 4.46. The maximum atomic E-state index is 11.3. The van der Waals surface area contributed by atoms with Crippen LogP contribution in [0.25, 0.3) is 0 Å². The number of nitrogens with one attached hydrogen (secondary N) is 1. The molecular formula is C15H23NO2. The predicted octanol–water partition coefficient (Wildman–Crippen LogP) is 2.55. The molecule has 0 heterocycles. The lowest BCUT2D eigenvalue weighted by Gasteiger charge is -2.17. The lowest BCUT2D eigenvalue weighted by atomic mass is 10.0. The van der Waals surface area contributed by atoms with E-state index in [4.69, 9.17) is 4.74 Å². The fourth-order valence-corrected chi connectivity index (χ4v) is 1.89. The van der Waals surface area contributed by atoms with E-state index in [0.29, 0.717) is 6.42 Å². The molecule has 1 unspecified atom stereocenters. The van der Waals surface area contributed by atoms with Crippen LogP contribution in [0.15, 0.2) is 30.3 Å². The van der Waals surface area contributed by atoms with Crippen LogP contribution in [-0.4, -0.2) is 25.7 Å². The summed E-state index contributed by atoms with van der Waals surface area (Å²) in [6.45, 7) is 3.07. The maximum Gasteiger partial charge on any atom is 0.307 e. The first kappa shape index (κ1) is 14.7. The van der Waals surface area contributed by atoms with Crippen LogP contribution < -0.4 is 5.32 Å². The highest BCUT2D eigenvalue weighted by Crippen LogP contribution is 2.08. The number of hydrogen-bond acceptors (Lipinski definition) is 3. The average molecular weight is 249 g/mol. The van der Waals surface area contributed by atoms with Crippen LogP contribution in [0.5, 0.6) is 0 Å². The number of carbonyl (C=O) groups excluding carboxylic acids is 1. The minimum absolute atomic E-state index is 0.142. The zero-order chi connectivity index (χ0) is 13.2. The molecule has 0 spiro atoms. The van der Waals surface area contributed by atoms with Crippen molar-refractivity contribution in [2.45, 2.75) is 38.6 Å². The summed E-state index contributed by atoms with van der Waals surface area (Å²) in [5.41, 5.74) is 1.31. The molecule has 0 fully saturated rings. The molecule has 0 bridgehead atoms. The third kappa shape index (κ3) is 5.82. The van der Waals surface area contributed by atoms with E-state index in [9.17, 15) is 4.79 Å². The summed E-state index contributed by atoms with van der Waals surface area (Å²) in [5, 5.41) is 3.40. The van der Waals surface area contributed by atoms with Gasteiger partial charge in [-0.05, 0) is 31.4 Å². The third-order valence-corrected chi connectivity index (χ3v) is 2.95. The fraction of sp³-hybridized carbons (Fsp3) is 0.533. The van der Waals surface area contributed by atoms with Crippen LogP contribution in [0, 0.1) is 0 Å². The second-order valence-corrected chi connectivity index (χ2v) is 4.46. The lowest BCUT2D eigenvalue weighted by Crippen LogP contribution is -2.32. The first-order valence-electron chi connectivity index (χ1n) is 6.60. The van der Waals surface area contributed by atoms with E-state index in [2.05, 4.69) is 24.4 Å². The molecule has 1 atom stereocenters. The minimum atomic E-state index is -0.142. The first-order valence-corrected chi connectivity index (χ1v) is 6.60. The standard InChI is InChI=1S/C15H23NO2/c1-3-11-16-14(12-15(17)18-2)10-9-13-7-5-4-6-8-13/h4-8,14,16H,3,9-12H2,1-2H3. The Kier molecular flexibility index (Phi) is 7.11. The Labute approximate surface area is 110 Å². The number of methoxy groups -OCH3 is 1. The third-order valence-electron chi connectivity index (χ3n) is 2.95. The van der Waals surface area contributed by atoms with Gasteiger partial charge in [0.25, 0.3) is 0 Å². The van der Waals surface area contributed by atoms with Crippen molar-refractivity contribution in [1.29, 1.82) is 0 Å². The molecule has 18 heavy (non-hydrogen) atoms. The zero-order valence-electron chi connectivity index (χ0n) is 11.3. The van der Waals surface area contributed by atoms with Gasteiger partial charge >= 0.3 is 5.97 Å². The van der Waals surface area contributed by atoms with Crippen molar-refractivity contribution in [3.8, 4) is 0 Å². The van der Waals surface area contributed by atoms with E-state index in [0.717, 1.165) is 25.8 Å². The summed E-state index contributed by atoms with van der Waals surface area (Å²) in [5.74, 6) is -0.142. The van der Waals surface area contributed by atoms with Crippen LogP contribution >= 0.6 is 0 Å². The van der Waals surface area contributed by atoms with Crippen molar-refractivity contribution in [3.05, 3.63) is 35.9 Å². The van der Waals surface area contributed by atoms with Crippen molar-refractivity contribution in [3.63, 3.8) is 0 Å². The van der Waals surface area contributed by atoms with Gasteiger partial charge in [0.05, 0.1) is 13.5 Å². The summed E-state index contributed by atoms with van der Waals surface area (Å²) in [7, 11) is 1.44. The van der Waals surface area contributed by atoms with E-state index in [1.807, 2.05) is 18.2 Å². The maximum absolute atomic E-state index is 11.3. The Morgan fingerprint density at radius 2 is 2.06 bits per heavy atom. The Balaban J connectivity index is 2.42. The molecule has 0 aliphatic carbocycles. The average Bonchev–Trinajstić information content (AvgIpc) is 2.42. The van der Waals surface area contributed by atoms with Gasteiger partial charge in [0.1, 0.15) is 0 Å². The summed E-state index contributed by atoms with van der Waals surface area (Å²) < 4.78 is 4.73. The predicted molar refractivity (Wildman–Crippen MR) is 73.5 cm³/mol. The van der Waals surface area contributed by atoms with E-state index in [1.165, 1.54) is 12.7 Å². The van der Waals surface area contributed by atoms with E-state index >= 15 is 0 Å². The van der Waals surface area contributed by atoms with Crippen molar-refractivity contribution in [2.24, 2.45) is 0 Å². The highest BCUT2D eigenvalue weighted by Gasteiger charge is 2.13. The van der Waals surface area contributed by atoms with Crippen LogP contribution in [0.2, 0.25) is 0 Å².